The molecule has 7 heteroatoms. The molecule has 0 aliphatic carbocycles. The van der Waals surface area contributed by atoms with E-state index in [0.717, 1.165) is 49.2 Å². The molecule has 2 N–H and O–H groups in total. The molecule has 1 aliphatic rings. The maximum absolute atomic E-state index is 12.9. The van der Waals surface area contributed by atoms with Crippen LogP contribution in [0.1, 0.15) is 63.8 Å². The Morgan fingerprint density at radius 1 is 1.23 bits per heavy atom. The fourth-order valence-electron chi connectivity index (χ4n) is 4.34. The lowest BCUT2D eigenvalue weighted by molar-refractivity contribution is 0.0178. The molecule has 3 rings (SSSR count). The van der Waals surface area contributed by atoms with Crippen LogP contribution in [-0.4, -0.2) is 48.1 Å². The molecule has 0 atom stereocenters. The number of hydrazine groups is 1. The van der Waals surface area contributed by atoms with Crippen molar-refractivity contribution in [2.75, 3.05) is 27.2 Å². The van der Waals surface area contributed by atoms with Crippen molar-refractivity contribution >= 4 is 22.8 Å². The predicted octanol–water partition coefficient (Wildman–Crippen LogP) is 4.03. The zero-order valence-electron chi connectivity index (χ0n) is 19.5. The molecule has 2 aromatic rings. The molecule has 31 heavy (non-hydrogen) atoms. The summed E-state index contributed by atoms with van der Waals surface area (Å²) in [6.45, 7) is 10.3. The SMILES string of the molecule is CCC(=C1CCN(N(C)C)CC1)c1scc(C(=O)NCc2c(C)cc(C)[nH]c2=O)c1C. The number of piperidine rings is 1. The molecule has 2 aromatic heterocycles. The number of aromatic nitrogens is 1. The molecule has 0 spiro atoms. The number of H-pyrrole nitrogens is 1. The van der Waals surface area contributed by atoms with Gasteiger partial charge >= 0.3 is 0 Å². The molecule has 0 radical (unpaired) electrons. The number of rotatable bonds is 6. The number of aromatic amines is 1. The number of amides is 1. The maximum atomic E-state index is 12.9. The van der Waals surface area contributed by atoms with Gasteiger partial charge in [0.05, 0.1) is 5.56 Å². The number of nitrogens with one attached hydrogen (secondary N) is 2. The second-order valence-corrected chi connectivity index (χ2v) is 9.35. The zero-order valence-corrected chi connectivity index (χ0v) is 20.3. The van der Waals surface area contributed by atoms with E-state index < -0.39 is 0 Å². The van der Waals surface area contributed by atoms with Gasteiger partial charge < -0.3 is 10.3 Å². The molecule has 0 aromatic carbocycles. The minimum Gasteiger partial charge on any atom is -0.348 e. The molecule has 1 amide bonds. The minimum absolute atomic E-state index is 0.123. The Balaban J connectivity index is 1.77. The van der Waals surface area contributed by atoms with Crippen LogP contribution in [-0.2, 0) is 6.54 Å². The summed E-state index contributed by atoms with van der Waals surface area (Å²) in [5, 5.41) is 9.44. The number of hydrogen-bond acceptors (Lipinski definition) is 5. The summed E-state index contributed by atoms with van der Waals surface area (Å²) in [5.41, 5.74) is 6.84. The van der Waals surface area contributed by atoms with Crippen molar-refractivity contribution in [1.29, 1.82) is 0 Å². The van der Waals surface area contributed by atoms with E-state index >= 15 is 0 Å². The van der Waals surface area contributed by atoms with Crippen molar-refractivity contribution in [1.82, 2.24) is 20.3 Å². The summed E-state index contributed by atoms with van der Waals surface area (Å²) in [5.74, 6) is -0.123. The lowest BCUT2D eigenvalue weighted by atomic mass is 9.94. The van der Waals surface area contributed by atoms with E-state index in [9.17, 15) is 9.59 Å². The molecular formula is C24H34N4O2S. The number of nitrogens with zero attached hydrogens (tertiary/aromatic N) is 2. The van der Waals surface area contributed by atoms with Crippen LogP contribution in [0.3, 0.4) is 0 Å². The van der Waals surface area contributed by atoms with Crippen LogP contribution < -0.4 is 10.9 Å². The molecule has 168 valence electrons. The Morgan fingerprint density at radius 2 is 1.90 bits per heavy atom. The highest BCUT2D eigenvalue weighted by Crippen LogP contribution is 2.36. The van der Waals surface area contributed by atoms with E-state index in [-0.39, 0.29) is 18.0 Å². The smallest absolute Gasteiger partial charge is 0.253 e. The third-order valence-electron chi connectivity index (χ3n) is 6.17. The lowest BCUT2D eigenvalue weighted by Gasteiger charge is -2.34. The Hall–Kier alpha value is -2.22. The van der Waals surface area contributed by atoms with Crippen molar-refractivity contribution in [3.05, 3.63) is 60.2 Å². The van der Waals surface area contributed by atoms with Gasteiger partial charge in [0.15, 0.2) is 0 Å². The standard InChI is InChI=1S/C24H34N4O2S/c1-7-19(18-8-10-28(11-9-18)27(5)6)22-17(4)21(14-31-22)23(29)25-13-20-15(2)12-16(3)26-24(20)30/h12,14H,7-11,13H2,1-6H3,(H,25,29)(H,26,30). The average molecular weight is 443 g/mol. The summed E-state index contributed by atoms with van der Waals surface area (Å²) in [4.78, 5) is 29.2. The summed E-state index contributed by atoms with van der Waals surface area (Å²) in [6.07, 6.45) is 3.10. The van der Waals surface area contributed by atoms with Crippen molar-refractivity contribution in [2.45, 2.75) is 53.5 Å². The highest BCUT2D eigenvalue weighted by atomic mass is 32.1. The Morgan fingerprint density at radius 3 is 2.48 bits per heavy atom. The Labute approximate surface area is 188 Å². The fourth-order valence-corrected chi connectivity index (χ4v) is 5.58. The summed E-state index contributed by atoms with van der Waals surface area (Å²) in [6, 6.07) is 1.93. The maximum Gasteiger partial charge on any atom is 0.253 e. The van der Waals surface area contributed by atoms with Crippen molar-refractivity contribution in [3.63, 3.8) is 0 Å². The highest BCUT2D eigenvalue weighted by molar-refractivity contribution is 7.11. The molecule has 3 heterocycles. The molecule has 1 fully saturated rings. The molecule has 1 saturated heterocycles. The third kappa shape index (κ3) is 5.17. The average Bonchev–Trinajstić information content (AvgIpc) is 3.09. The summed E-state index contributed by atoms with van der Waals surface area (Å²) in [7, 11) is 4.19. The van der Waals surface area contributed by atoms with E-state index in [1.54, 1.807) is 11.3 Å². The molecule has 1 aliphatic heterocycles. The number of allylic oxidation sites excluding steroid dienone is 1. The van der Waals surface area contributed by atoms with Crippen LogP contribution in [0.25, 0.3) is 5.57 Å². The number of carbonyl (C=O) groups excluding carboxylic acids is 1. The quantitative estimate of drug-likeness (QED) is 0.709. The molecular weight excluding hydrogens is 408 g/mol. The van der Waals surface area contributed by atoms with Crippen LogP contribution in [0.5, 0.6) is 0 Å². The van der Waals surface area contributed by atoms with Crippen molar-refractivity contribution < 1.29 is 4.79 Å². The van der Waals surface area contributed by atoms with Gasteiger partial charge in [-0.05, 0) is 62.8 Å². The number of carbonyl (C=O) groups is 1. The number of hydrogen-bond donors (Lipinski definition) is 2. The number of pyridine rings is 1. The van der Waals surface area contributed by atoms with Gasteiger partial charge in [-0.3, -0.25) is 9.59 Å². The van der Waals surface area contributed by atoms with Gasteiger partial charge in [0, 0.05) is 55.2 Å². The molecule has 0 bridgehead atoms. The first-order chi connectivity index (χ1) is 14.7. The monoisotopic (exact) mass is 442 g/mol. The Bertz CT molecular complexity index is 1040. The molecule has 0 unspecified atom stereocenters. The Kier molecular flexibility index (Phi) is 7.51. The largest absolute Gasteiger partial charge is 0.348 e. The van der Waals surface area contributed by atoms with Gasteiger partial charge in [0.1, 0.15) is 0 Å². The third-order valence-corrected chi connectivity index (χ3v) is 7.31. The molecule has 6 nitrogen and oxygen atoms in total. The number of aryl methyl sites for hydroxylation is 2. The number of thiophene rings is 1. The van der Waals surface area contributed by atoms with E-state index in [4.69, 9.17) is 0 Å². The van der Waals surface area contributed by atoms with Gasteiger partial charge in [0.25, 0.3) is 11.5 Å². The van der Waals surface area contributed by atoms with Gasteiger partial charge in [-0.15, -0.1) is 11.3 Å². The van der Waals surface area contributed by atoms with Crippen LogP contribution in [0, 0.1) is 20.8 Å². The van der Waals surface area contributed by atoms with Crippen molar-refractivity contribution in [2.24, 2.45) is 0 Å². The highest BCUT2D eigenvalue weighted by Gasteiger charge is 2.22. The van der Waals surface area contributed by atoms with Crippen LogP contribution in [0.15, 0.2) is 21.8 Å². The van der Waals surface area contributed by atoms with E-state index in [1.807, 2.05) is 32.2 Å². The van der Waals surface area contributed by atoms with Crippen LogP contribution in [0.2, 0.25) is 0 Å². The summed E-state index contributed by atoms with van der Waals surface area (Å²) < 4.78 is 0. The second-order valence-electron chi connectivity index (χ2n) is 8.47. The fraction of sp³-hybridized carbons (Fsp3) is 0.500. The van der Waals surface area contributed by atoms with Gasteiger partial charge in [-0.2, -0.15) is 0 Å². The van der Waals surface area contributed by atoms with Gasteiger partial charge in [-0.25, -0.2) is 10.0 Å². The van der Waals surface area contributed by atoms with E-state index in [1.165, 1.54) is 16.0 Å². The van der Waals surface area contributed by atoms with Crippen LogP contribution in [0.4, 0.5) is 0 Å². The van der Waals surface area contributed by atoms with Gasteiger partial charge in [-0.1, -0.05) is 12.5 Å². The van der Waals surface area contributed by atoms with Crippen molar-refractivity contribution in [3.8, 4) is 0 Å². The normalized spacial score (nSPS) is 14.9. The van der Waals surface area contributed by atoms with Crippen LogP contribution >= 0.6 is 11.3 Å². The first-order valence-corrected chi connectivity index (χ1v) is 11.8. The topological polar surface area (TPSA) is 68.4 Å². The second kappa shape index (κ2) is 9.94. The minimum atomic E-state index is -0.136. The lowest BCUT2D eigenvalue weighted by Crippen LogP contribution is -2.41. The first-order valence-electron chi connectivity index (χ1n) is 10.9. The molecule has 0 saturated carbocycles. The predicted molar refractivity (Wildman–Crippen MR) is 128 cm³/mol. The zero-order chi connectivity index (χ0) is 22.7. The summed E-state index contributed by atoms with van der Waals surface area (Å²) >= 11 is 1.66. The van der Waals surface area contributed by atoms with Gasteiger partial charge in [0.2, 0.25) is 0 Å². The first kappa shape index (κ1) is 23.4. The van der Waals surface area contributed by atoms with E-state index in [0.29, 0.717) is 11.1 Å². The van der Waals surface area contributed by atoms with E-state index in [2.05, 4.69) is 41.3 Å².